The molecule has 1 aromatic heterocycles. The van der Waals surface area contributed by atoms with Gasteiger partial charge in [0.1, 0.15) is 17.9 Å². The SMILES string of the molecule is Cc1nc(C2(NC(=O)C3=Cc4ccccc4OC3)CCCCC2)no1. The highest BCUT2D eigenvalue weighted by Gasteiger charge is 2.40. The van der Waals surface area contributed by atoms with Gasteiger partial charge in [-0.15, -0.1) is 0 Å². The van der Waals surface area contributed by atoms with Gasteiger partial charge in [0.15, 0.2) is 5.82 Å². The average Bonchev–Trinajstić information content (AvgIpc) is 3.09. The Hall–Kier alpha value is -2.63. The Morgan fingerprint density at radius 1 is 1.20 bits per heavy atom. The summed E-state index contributed by atoms with van der Waals surface area (Å²) < 4.78 is 10.9. The molecule has 25 heavy (non-hydrogen) atoms. The van der Waals surface area contributed by atoms with Crippen molar-refractivity contribution in [3.8, 4) is 5.75 Å². The predicted molar refractivity (Wildman–Crippen MR) is 91.9 cm³/mol. The predicted octanol–water partition coefficient (Wildman–Crippen LogP) is 3.13. The number of nitrogens with zero attached hydrogens (tertiary/aromatic N) is 2. The molecular weight excluding hydrogens is 318 g/mol. The summed E-state index contributed by atoms with van der Waals surface area (Å²) >= 11 is 0. The normalized spacial score (nSPS) is 18.7. The van der Waals surface area contributed by atoms with Crippen LogP contribution in [-0.2, 0) is 10.3 Å². The van der Waals surface area contributed by atoms with Crippen molar-refractivity contribution in [1.82, 2.24) is 15.5 Å². The van der Waals surface area contributed by atoms with E-state index in [1.165, 1.54) is 0 Å². The average molecular weight is 339 g/mol. The third-order valence-electron chi connectivity index (χ3n) is 4.94. The van der Waals surface area contributed by atoms with E-state index in [-0.39, 0.29) is 12.5 Å². The number of amides is 1. The first-order valence-electron chi connectivity index (χ1n) is 8.72. The molecule has 2 heterocycles. The molecule has 0 bridgehead atoms. The first-order valence-corrected chi connectivity index (χ1v) is 8.72. The van der Waals surface area contributed by atoms with Crippen LogP contribution in [0.15, 0.2) is 34.4 Å². The van der Waals surface area contributed by atoms with Gasteiger partial charge >= 0.3 is 0 Å². The van der Waals surface area contributed by atoms with E-state index in [9.17, 15) is 4.79 Å². The van der Waals surface area contributed by atoms with Crippen molar-refractivity contribution in [3.05, 3.63) is 47.1 Å². The minimum atomic E-state index is -0.551. The molecule has 1 saturated carbocycles. The fraction of sp³-hybridized carbons (Fsp3) is 0.421. The number of carbonyl (C=O) groups is 1. The lowest BCUT2D eigenvalue weighted by atomic mass is 9.80. The number of nitrogens with one attached hydrogen (secondary N) is 1. The third-order valence-corrected chi connectivity index (χ3v) is 4.94. The van der Waals surface area contributed by atoms with E-state index in [1.54, 1.807) is 6.92 Å². The van der Waals surface area contributed by atoms with Crippen molar-refractivity contribution in [3.63, 3.8) is 0 Å². The second-order valence-electron chi connectivity index (χ2n) is 6.73. The second kappa shape index (κ2) is 6.35. The van der Waals surface area contributed by atoms with Gasteiger partial charge in [0.2, 0.25) is 5.89 Å². The molecule has 2 aliphatic rings. The number of fused-ring (bicyclic) bond motifs is 1. The molecule has 1 amide bonds. The highest BCUT2D eigenvalue weighted by molar-refractivity contribution is 5.99. The maximum atomic E-state index is 12.9. The molecule has 0 saturated heterocycles. The molecule has 130 valence electrons. The topological polar surface area (TPSA) is 77.2 Å². The van der Waals surface area contributed by atoms with Crippen molar-refractivity contribution in [2.75, 3.05) is 6.61 Å². The lowest BCUT2D eigenvalue weighted by molar-refractivity contribution is -0.120. The van der Waals surface area contributed by atoms with E-state index < -0.39 is 5.54 Å². The van der Waals surface area contributed by atoms with Gasteiger partial charge in [0.25, 0.3) is 5.91 Å². The lowest BCUT2D eigenvalue weighted by Crippen LogP contribution is -2.49. The maximum Gasteiger partial charge on any atom is 0.251 e. The third kappa shape index (κ3) is 3.04. The number of benzene rings is 1. The second-order valence-corrected chi connectivity index (χ2v) is 6.73. The van der Waals surface area contributed by atoms with Crippen molar-refractivity contribution >= 4 is 12.0 Å². The molecule has 1 aromatic carbocycles. The monoisotopic (exact) mass is 339 g/mol. The highest BCUT2D eigenvalue weighted by atomic mass is 16.5. The number of para-hydroxylation sites is 1. The molecule has 1 N–H and O–H groups in total. The number of hydrogen-bond donors (Lipinski definition) is 1. The van der Waals surface area contributed by atoms with Crippen molar-refractivity contribution in [2.45, 2.75) is 44.6 Å². The first kappa shape index (κ1) is 15.9. The van der Waals surface area contributed by atoms with Crippen LogP contribution in [0.2, 0.25) is 0 Å². The van der Waals surface area contributed by atoms with Crippen molar-refractivity contribution in [1.29, 1.82) is 0 Å². The van der Waals surface area contributed by atoms with E-state index in [1.807, 2.05) is 30.3 Å². The van der Waals surface area contributed by atoms with Gasteiger partial charge in [0, 0.05) is 12.5 Å². The van der Waals surface area contributed by atoms with Gasteiger partial charge in [-0.05, 0) is 25.0 Å². The Morgan fingerprint density at radius 2 is 2.00 bits per heavy atom. The Balaban J connectivity index is 1.60. The summed E-state index contributed by atoms with van der Waals surface area (Å²) in [5, 5.41) is 7.28. The number of aryl methyl sites for hydroxylation is 1. The van der Waals surface area contributed by atoms with Gasteiger partial charge in [-0.25, -0.2) is 0 Å². The smallest absolute Gasteiger partial charge is 0.251 e. The zero-order chi connectivity index (χ0) is 17.3. The summed E-state index contributed by atoms with van der Waals surface area (Å²) in [6.07, 6.45) is 6.77. The summed E-state index contributed by atoms with van der Waals surface area (Å²) in [6, 6.07) is 7.71. The standard InChI is InChI=1S/C19H21N3O3/c1-13-20-18(22-25-13)19(9-5-2-6-10-19)21-17(23)15-11-14-7-3-4-8-16(14)24-12-15/h3-4,7-8,11H,2,5-6,9-10,12H2,1H3,(H,21,23). The number of ether oxygens (including phenoxy) is 1. The summed E-state index contributed by atoms with van der Waals surface area (Å²) in [4.78, 5) is 17.3. The fourth-order valence-electron chi connectivity index (χ4n) is 3.60. The Bertz CT molecular complexity index is 819. The minimum Gasteiger partial charge on any atom is -0.488 e. The van der Waals surface area contributed by atoms with E-state index in [2.05, 4.69) is 15.5 Å². The first-order chi connectivity index (χ1) is 12.2. The molecule has 6 heteroatoms. The number of aromatic nitrogens is 2. The molecule has 0 spiro atoms. The van der Waals surface area contributed by atoms with E-state index in [0.29, 0.717) is 17.3 Å². The molecule has 4 rings (SSSR count). The molecule has 1 fully saturated rings. The zero-order valence-electron chi connectivity index (χ0n) is 14.2. The van der Waals surface area contributed by atoms with Gasteiger partial charge in [-0.2, -0.15) is 4.98 Å². The Kier molecular flexibility index (Phi) is 4.03. The molecule has 2 aromatic rings. The quantitative estimate of drug-likeness (QED) is 0.929. The number of hydrogen-bond acceptors (Lipinski definition) is 5. The van der Waals surface area contributed by atoms with Crippen LogP contribution in [0.5, 0.6) is 5.75 Å². The van der Waals surface area contributed by atoms with Crippen molar-refractivity contribution in [2.24, 2.45) is 0 Å². The number of rotatable bonds is 3. The van der Waals surface area contributed by atoms with Gasteiger partial charge < -0.3 is 14.6 Å². The molecule has 0 atom stereocenters. The summed E-state index contributed by atoms with van der Waals surface area (Å²) in [5.41, 5.74) is 0.987. The van der Waals surface area contributed by atoms with E-state index >= 15 is 0 Å². The summed E-state index contributed by atoms with van der Waals surface area (Å²) in [6.45, 7) is 2.04. The molecular formula is C19H21N3O3. The van der Waals surface area contributed by atoms with Gasteiger partial charge in [-0.1, -0.05) is 42.6 Å². The Labute approximate surface area is 146 Å². The minimum absolute atomic E-state index is 0.126. The largest absolute Gasteiger partial charge is 0.488 e. The molecule has 0 radical (unpaired) electrons. The van der Waals surface area contributed by atoms with E-state index in [4.69, 9.17) is 9.26 Å². The van der Waals surface area contributed by atoms with Crippen LogP contribution in [0, 0.1) is 6.92 Å². The van der Waals surface area contributed by atoms with E-state index in [0.717, 1.165) is 43.4 Å². The maximum absolute atomic E-state index is 12.9. The molecule has 1 aliphatic heterocycles. The molecule has 1 aliphatic carbocycles. The van der Waals surface area contributed by atoms with Crippen LogP contribution in [0.25, 0.3) is 6.08 Å². The van der Waals surface area contributed by atoms with Crippen LogP contribution in [0.1, 0.15) is 49.4 Å². The number of carbonyl (C=O) groups excluding carboxylic acids is 1. The highest BCUT2D eigenvalue weighted by Crippen LogP contribution is 2.36. The van der Waals surface area contributed by atoms with Crippen molar-refractivity contribution < 1.29 is 14.1 Å². The zero-order valence-corrected chi connectivity index (χ0v) is 14.2. The Morgan fingerprint density at radius 3 is 2.76 bits per heavy atom. The molecule has 0 unspecified atom stereocenters. The van der Waals surface area contributed by atoms with Crippen LogP contribution in [-0.4, -0.2) is 22.7 Å². The molecule has 6 nitrogen and oxygen atoms in total. The van der Waals surface area contributed by atoms with Gasteiger partial charge in [-0.3, -0.25) is 4.79 Å². The van der Waals surface area contributed by atoms with Crippen LogP contribution >= 0.6 is 0 Å². The summed E-state index contributed by atoms with van der Waals surface area (Å²) in [7, 11) is 0. The lowest BCUT2D eigenvalue weighted by Gasteiger charge is -2.35. The summed E-state index contributed by atoms with van der Waals surface area (Å²) in [5.74, 6) is 1.78. The van der Waals surface area contributed by atoms with Gasteiger partial charge in [0.05, 0.1) is 5.57 Å². The van der Waals surface area contributed by atoms with Crippen LogP contribution < -0.4 is 10.1 Å². The van der Waals surface area contributed by atoms with Crippen LogP contribution in [0.4, 0.5) is 0 Å². The fourth-order valence-corrected chi connectivity index (χ4v) is 3.60. The van der Waals surface area contributed by atoms with Crippen LogP contribution in [0.3, 0.4) is 0 Å².